The van der Waals surface area contributed by atoms with E-state index < -0.39 is 5.82 Å². The van der Waals surface area contributed by atoms with Crippen molar-refractivity contribution in [3.63, 3.8) is 0 Å². The van der Waals surface area contributed by atoms with Crippen molar-refractivity contribution in [2.45, 2.75) is 0 Å². The lowest BCUT2D eigenvalue weighted by Gasteiger charge is -2.09. The molecule has 1 N–H and O–H groups in total. The molecule has 100 valence electrons. The van der Waals surface area contributed by atoms with Gasteiger partial charge in [-0.25, -0.2) is 4.39 Å². The van der Waals surface area contributed by atoms with Gasteiger partial charge in [-0.15, -0.1) is 0 Å². The minimum atomic E-state index is -0.602. The van der Waals surface area contributed by atoms with Gasteiger partial charge in [-0.2, -0.15) is 0 Å². The fraction of sp³-hybridized carbons (Fsp3) is 0.143. The van der Waals surface area contributed by atoms with E-state index in [4.69, 9.17) is 27.9 Å². The van der Waals surface area contributed by atoms with Crippen LogP contribution in [0.4, 0.5) is 10.1 Å². The number of halogens is 3. The number of rotatable bonds is 5. The van der Waals surface area contributed by atoms with Gasteiger partial charge in [0, 0.05) is 12.2 Å². The quantitative estimate of drug-likeness (QED) is 0.642. The molecule has 2 aromatic rings. The monoisotopic (exact) mass is 299 g/mol. The molecule has 2 rings (SSSR count). The summed E-state index contributed by atoms with van der Waals surface area (Å²) in [5.74, 6) is 0.203. The molecule has 0 aliphatic carbocycles. The van der Waals surface area contributed by atoms with E-state index in [1.54, 1.807) is 0 Å². The van der Waals surface area contributed by atoms with Crippen molar-refractivity contribution in [3.8, 4) is 5.75 Å². The van der Waals surface area contributed by atoms with Crippen molar-refractivity contribution < 1.29 is 9.13 Å². The minimum Gasteiger partial charge on any atom is -0.492 e. The number of hydrogen-bond acceptors (Lipinski definition) is 2. The zero-order valence-electron chi connectivity index (χ0n) is 10.00. The first-order valence-electron chi connectivity index (χ1n) is 5.73. The fourth-order valence-corrected chi connectivity index (χ4v) is 2.03. The minimum absolute atomic E-state index is 0.000947. The van der Waals surface area contributed by atoms with E-state index in [1.165, 1.54) is 12.1 Å². The molecule has 2 aromatic carbocycles. The van der Waals surface area contributed by atoms with Crippen molar-refractivity contribution >= 4 is 28.9 Å². The first-order chi connectivity index (χ1) is 9.16. The molecule has 0 spiro atoms. The molecular formula is C14H12Cl2FNO. The third-order valence-corrected chi connectivity index (χ3v) is 2.98. The van der Waals surface area contributed by atoms with Crippen molar-refractivity contribution in [1.82, 2.24) is 0 Å². The van der Waals surface area contributed by atoms with Gasteiger partial charge >= 0.3 is 0 Å². The average Bonchev–Trinajstić information content (AvgIpc) is 2.42. The van der Waals surface area contributed by atoms with Gasteiger partial charge in [-0.1, -0.05) is 41.4 Å². The SMILES string of the molecule is Fc1c(Cl)cc(NCCOc2ccccc2)cc1Cl. The molecule has 0 saturated carbocycles. The van der Waals surface area contributed by atoms with Crippen LogP contribution in [0, 0.1) is 5.82 Å². The van der Waals surface area contributed by atoms with Crippen molar-refractivity contribution in [2.75, 3.05) is 18.5 Å². The summed E-state index contributed by atoms with van der Waals surface area (Å²) in [5, 5.41) is 3.06. The van der Waals surface area contributed by atoms with Gasteiger partial charge in [0.2, 0.25) is 0 Å². The van der Waals surface area contributed by atoms with E-state index in [9.17, 15) is 4.39 Å². The molecule has 0 bridgehead atoms. The fourth-order valence-electron chi connectivity index (χ4n) is 1.54. The number of ether oxygens (including phenoxy) is 1. The molecule has 0 saturated heterocycles. The van der Waals surface area contributed by atoms with Crippen LogP contribution in [0.1, 0.15) is 0 Å². The number of anilines is 1. The molecule has 0 aromatic heterocycles. The second-order valence-corrected chi connectivity index (χ2v) is 4.66. The third kappa shape index (κ3) is 4.01. The lowest BCUT2D eigenvalue weighted by Crippen LogP contribution is -2.11. The number of hydrogen-bond donors (Lipinski definition) is 1. The van der Waals surface area contributed by atoms with Crippen LogP contribution >= 0.6 is 23.2 Å². The van der Waals surface area contributed by atoms with Crippen LogP contribution in [-0.4, -0.2) is 13.2 Å². The topological polar surface area (TPSA) is 21.3 Å². The lowest BCUT2D eigenvalue weighted by molar-refractivity contribution is 0.333. The summed E-state index contributed by atoms with van der Waals surface area (Å²) < 4.78 is 18.7. The Morgan fingerprint density at radius 1 is 1.05 bits per heavy atom. The van der Waals surface area contributed by atoms with Crippen LogP contribution in [0.2, 0.25) is 10.0 Å². The maximum Gasteiger partial charge on any atom is 0.160 e. The Kier molecular flexibility index (Phi) is 4.88. The smallest absolute Gasteiger partial charge is 0.160 e. The Morgan fingerprint density at radius 3 is 2.32 bits per heavy atom. The van der Waals surface area contributed by atoms with E-state index in [2.05, 4.69) is 5.32 Å². The molecule has 19 heavy (non-hydrogen) atoms. The molecule has 0 fully saturated rings. The summed E-state index contributed by atoms with van der Waals surface area (Å²) in [4.78, 5) is 0. The number of benzene rings is 2. The zero-order valence-corrected chi connectivity index (χ0v) is 11.5. The second-order valence-electron chi connectivity index (χ2n) is 3.84. The summed E-state index contributed by atoms with van der Waals surface area (Å²) in [6.07, 6.45) is 0. The van der Waals surface area contributed by atoms with Gasteiger partial charge in [-0.05, 0) is 24.3 Å². The molecular weight excluding hydrogens is 288 g/mol. The van der Waals surface area contributed by atoms with E-state index in [0.717, 1.165) is 5.75 Å². The van der Waals surface area contributed by atoms with Crippen molar-refractivity contribution in [2.24, 2.45) is 0 Å². The summed E-state index contributed by atoms with van der Waals surface area (Å²) >= 11 is 11.4. The number of nitrogens with one attached hydrogen (secondary N) is 1. The molecule has 0 radical (unpaired) electrons. The maximum atomic E-state index is 13.2. The van der Waals surface area contributed by atoms with Crippen molar-refractivity contribution in [1.29, 1.82) is 0 Å². The van der Waals surface area contributed by atoms with Gasteiger partial charge in [0.15, 0.2) is 5.82 Å². The normalized spacial score (nSPS) is 10.3. The summed E-state index contributed by atoms with van der Waals surface area (Å²) in [5.41, 5.74) is 0.660. The van der Waals surface area contributed by atoms with Gasteiger partial charge in [0.25, 0.3) is 0 Å². The van der Waals surface area contributed by atoms with Crippen LogP contribution in [0.15, 0.2) is 42.5 Å². The summed E-state index contributed by atoms with van der Waals surface area (Å²) in [7, 11) is 0. The molecule has 5 heteroatoms. The standard InChI is InChI=1S/C14H12Cl2FNO/c15-12-8-10(9-13(16)14(12)17)18-6-7-19-11-4-2-1-3-5-11/h1-5,8-9,18H,6-7H2. The number of para-hydroxylation sites is 1. The highest BCUT2D eigenvalue weighted by Gasteiger charge is 2.07. The zero-order chi connectivity index (χ0) is 13.7. The Morgan fingerprint density at radius 2 is 1.68 bits per heavy atom. The molecule has 0 aliphatic rings. The van der Waals surface area contributed by atoms with Gasteiger partial charge in [0.1, 0.15) is 12.4 Å². The largest absolute Gasteiger partial charge is 0.492 e. The predicted molar refractivity (Wildman–Crippen MR) is 76.8 cm³/mol. The van der Waals surface area contributed by atoms with Crippen molar-refractivity contribution in [3.05, 3.63) is 58.3 Å². The summed E-state index contributed by atoms with van der Waals surface area (Å²) in [6.45, 7) is 1.05. The van der Waals surface area contributed by atoms with Crippen LogP contribution in [0.5, 0.6) is 5.75 Å². The Labute approximate surface area is 121 Å². The van der Waals surface area contributed by atoms with Crippen LogP contribution < -0.4 is 10.1 Å². The van der Waals surface area contributed by atoms with Gasteiger partial charge < -0.3 is 10.1 Å². The first-order valence-corrected chi connectivity index (χ1v) is 6.48. The second kappa shape index (κ2) is 6.64. The Hall–Kier alpha value is -1.45. The van der Waals surface area contributed by atoms with Gasteiger partial charge in [-0.3, -0.25) is 0 Å². The van der Waals surface area contributed by atoms with Crippen LogP contribution in [0.25, 0.3) is 0 Å². The molecule has 0 amide bonds. The van der Waals surface area contributed by atoms with Gasteiger partial charge in [0.05, 0.1) is 10.0 Å². The molecule has 0 atom stereocenters. The van der Waals surface area contributed by atoms with Crippen LogP contribution in [0.3, 0.4) is 0 Å². The highest BCUT2D eigenvalue weighted by atomic mass is 35.5. The average molecular weight is 300 g/mol. The molecule has 0 unspecified atom stereocenters. The highest BCUT2D eigenvalue weighted by Crippen LogP contribution is 2.27. The first kappa shape index (κ1) is 14.0. The predicted octanol–water partition coefficient (Wildman–Crippen LogP) is 4.62. The summed E-state index contributed by atoms with van der Waals surface area (Å²) in [6, 6.07) is 12.5. The van der Waals surface area contributed by atoms with Crippen LogP contribution in [-0.2, 0) is 0 Å². The Bertz CT molecular complexity index is 525. The van der Waals surface area contributed by atoms with E-state index in [0.29, 0.717) is 18.8 Å². The molecule has 2 nitrogen and oxygen atoms in total. The maximum absolute atomic E-state index is 13.2. The lowest BCUT2D eigenvalue weighted by atomic mass is 10.3. The van der Waals surface area contributed by atoms with E-state index in [-0.39, 0.29) is 10.0 Å². The Balaban J connectivity index is 1.83. The van der Waals surface area contributed by atoms with E-state index >= 15 is 0 Å². The molecule has 0 aliphatic heterocycles. The van der Waals surface area contributed by atoms with E-state index in [1.807, 2.05) is 30.3 Å². The highest BCUT2D eigenvalue weighted by molar-refractivity contribution is 6.35. The third-order valence-electron chi connectivity index (χ3n) is 2.43. The molecule has 0 heterocycles.